The lowest BCUT2D eigenvalue weighted by atomic mass is 9.79. The largest absolute Gasteiger partial charge is 0.497 e. The first-order valence-electron chi connectivity index (χ1n) is 15.0. The maximum absolute atomic E-state index is 13.4. The van der Waals surface area contributed by atoms with Gasteiger partial charge >= 0.3 is 0 Å². The van der Waals surface area contributed by atoms with E-state index in [1.165, 1.54) is 0 Å². The summed E-state index contributed by atoms with van der Waals surface area (Å²) in [6.45, 7) is 4.60. The number of amides is 1. The first-order chi connectivity index (χ1) is 20.6. The van der Waals surface area contributed by atoms with Crippen molar-refractivity contribution in [3.05, 3.63) is 120 Å². The summed E-state index contributed by atoms with van der Waals surface area (Å²) in [4.78, 5) is 28.9. The predicted octanol–water partition coefficient (Wildman–Crippen LogP) is 7.31. The fourth-order valence-electron chi connectivity index (χ4n) is 6.00. The maximum atomic E-state index is 13.4. The monoisotopic (exact) mass is 560 g/mol. The van der Waals surface area contributed by atoms with E-state index in [2.05, 4.69) is 53.5 Å². The normalized spacial score (nSPS) is 14.3. The average Bonchev–Trinajstić information content (AvgIpc) is 3.05. The molecular formula is C37H40N2O3. The lowest BCUT2D eigenvalue weighted by Gasteiger charge is -2.37. The van der Waals surface area contributed by atoms with Crippen LogP contribution in [-0.4, -0.2) is 38.4 Å². The van der Waals surface area contributed by atoms with Crippen molar-refractivity contribution in [2.45, 2.75) is 38.5 Å². The van der Waals surface area contributed by atoms with Gasteiger partial charge in [-0.05, 0) is 71.7 Å². The zero-order valence-corrected chi connectivity index (χ0v) is 24.6. The lowest BCUT2D eigenvalue weighted by molar-refractivity contribution is -0.124. The molecule has 0 spiro atoms. The van der Waals surface area contributed by atoms with Gasteiger partial charge < -0.3 is 15.0 Å². The number of hydrogen-bond donors (Lipinski definition) is 1. The SMILES string of the molecule is CCCNC(=O)C(c1ccccc1)C1CCN(c2ccc(CC(=O)c3ccccc3-c3ccc(OC)cc3)cc2)CC1. The Bertz CT molecular complexity index is 1460. The van der Waals surface area contributed by atoms with E-state index in [4.69, 9.17) is 4.74 Å². The first-order valence-corrected chi connectivity index (χ1v) is 15.0. The van der Waals surface area contributed by atoms with E-state index in [1.807, 2.05) is 66.7 Å². The summed E-state index contributed by atoms with van der Waals surface area (Å²) in [6, 6.07) is 34.2. The highest BCUT2D eigenvalue weighted by molar-refractivity contribution is 6.03. The van der Waals surface area contributed by atoms with Crippen molar-refractivity contribution in [2.24, 2.45) is 5.92 Å². The van der Waals surface area contributed by atoms with Gasteiger partial charge in [-0.25, -0.2) is 0 Å². The summed E-state index contributed by atoms with van der Waals surface area (Å²) in [5.74, 6) is 1.23. The molecule has 1 heterocycles. The summed E-state index contributed by atoms with van der Waals surface area (Å²) in [5, 5.41) is 3.14. The number of ketones is 1. The molecule has 4 aromatic rings. The number of hydrogen-bond acceptors (Lipinski definition) is 4. The summed E-state index contributed by atoms with van der Waals surface area (Å²) >= 11 is 0. The van der Waals surface area contributed by atoms with Gasteiger partial charge in [0.15, 0.2) is 5.78 Å². The molecule has 42 heavy (non-hydrogen) atoms. The van der Waals surface area contributed by atoms with E-state index >= 15 is 0 Å². The van der Waals surface area contributed by atoms with Crippen LogP contribution in [-0.2, 0) is 11.2 Å². The standard InChI is InChI=1S/C37H40N2O3/c1-3-23-38-37(41)36(29-9-5-4-6-10-29)30-21-24-39(25-22-30)31-17-13-27(14-18-31)26-35(40)34-12-8-7-11-33(34)28-15-19-32(42-2)20-16-28/h4-20,30,36H,3,21-26H2,1-2H3,(H,38,41). The second-order valence-electron chi connectivity index (χ2n) is 11.0. The quantitative estimate of drug-likeness (QED) is 0.195. The molecule has 1 fully saturated rings. The zero-order chi connectivity index (χ0) is 29.3. The van der Waals surface area contributed by atoms with Crippen LogP contribution < -0.4 is 15.0 Å². The van der Waals surface area contributed by atoms with Crippen molar-refractivity contribution in [2.75, 3.05) is 31.6 Å². The number of nitrogens with zero attached hydrogens (tertiary/aromatic N) is 1. The van der Waals surface area contributed by atoms with Gasteiger partial charge in [-0.15, -0.1) is 0 Å². The van der Waals surface area contributed by atoms with Gasteiger partial charge in [-0.2, -0.15) is 0 Å². The molecule has 0 radical (unpaired) electrons. The molecule has 1 N–H and O–H groups in total. The number of carbonyl (C=O) groups is 2. The zero-order valence-electron chi connectivity index (χ0n) is 24.6. The van der Waals surface area contributed by atoms with E-state index in [1.54, 1.807) is 7.11 Å². The minimum atomic E-state index is -0.117. The van der Waals surface area contributed by atoms with E-state index < -0.39 is 0 Å². The molecule has 5 heteroatoms. The Labute approximate surface area is 249 Å². The predicted molar refractivity (Wildman–Crippen MR) is 170 cm³/mol. The second kappa shape index (κ2) is 14.0. The van der Waals surface area contributed by atoms with Crippen LogP contribution in [0.15, 0.2) is 103 Å². The van der Waals surface area contributed by atoms with Crippen LogP contribution in [0.5, 0.6) is 5.75 Å². The third-order valence-corrected chi connectivity index (χ3v) is 8.30. The molecule has 1 aliphatic rings. The van der Waals surface area contributed by atoms with Gasteiger partial charge in [0.25, 0.3) is 0 Å². The van der Waals surface area contributed by atoms with E-state index in [9.17, 15) is 9.59 Å². The van der Waals surface area contributed by atoms with Gasteiger partial charge in [0.1, 0.15) is 5.75 Å². The second-order valence-corrected chi connectivity index (χ2v) is 11.0. The van der Waals surface area contributed by atoms with Crippen LogP contribution in [0.1, 0.15) is 53.6 Å². The lowest BCUT2D eigenvalue weighted by Crippen LogP contribution is -2.40. The van der Waals surface area contributed by atoms with Crippen molar-refractivity contribution in [3.63, 3.8) is 0 Å². The molecule has 1 saturated heterocycles. The summed E-state index contributed by atoms with van der Waals surface area (Å²) in [5.41, 5.74) is 5.92. The number of piperidine rings is 1. The molecule has 5 nitrogen and oxygen atoms in total. The number of benzene rings is 4. The highest BCUT2D eigenvalue weighted by atomic mass is 16.5. The van der Waals surface area contributed by atoms with Gasteiger partial charge in [0.2, 0.25) is 5.91 Å². The highest BCUT2D eigenvalue weighted by Gasteiger charge is 2.32. The van der Waals surface area contributed by atoms with Crippen LogP contribution >= 0.6 is 0 Å². The summed E-state index contributed by atoms with van der Waals surface area (Å²) < 4.78 is 5.28. The van der Waals surface area contributed by atoms with Crippen LogP contribution in [0.4, 0.5) is 5.69 Å². The molecule has 5 rings (SSSR count). The number of rotatable bonds is 11. The third kappa shape index (κ3) is 6.91. The minimum absolute atomic E-state index is 0.100. The van der Waals surface area contributed by atoms with E-state index in [0.29, 0.717) is 18.9 Å². The molecule has 0 aromatic heterocycles. The number of nitrogens with one attached hydrogen (secondary N) is 1. The number of methoxy groups -OCH3 is 1. The Morgan fingerprint density at radius 2 is 1.52 bits per heavy atom. The first kappa shape index (κ1) is 29.1. The van der Waals surface area contributed by atoms with Crippen molar-refractivity contribution < 1.29 is 14.3 Å². The Morgan fingerprint density at radius 1 is 0.857 bits per heavy atom. The number of ether oxygens (including phenoxy) is 1. The van der Waals surface area contributed by atoms with Gasteiger partial charge in [0.05, 0.1) is 13.0 Å². The number of anilines is 1. The van der Waals surface area contributed by atoms with Crippen LogP contribution in [0.3, 0.4) is 0 Å². The minimum Gasteiger partial charge on any atom is -0.497 e. The van der Waals surface area contributed by atoms with Crippen LogP contribution in [0, 0.1) is 5.92 Å². The Morgan fingerprint density at radius 3 is 2.19 bits per heavy atom. The van der Waals surface area contributed by atoms with E-state index in [0.717, 1.165) is 71.6 Å². The molecular weight excluding hydrogens is 520 g/mol. The van der Waals surface area contributed by atoms with Crippen LogP contribution in [0.2, 0.25) is 0 Å². The van der Waals surface area contributed by atoms with Gasteiger partial charge in [0, 0.05) is 37.3 Å². The topological polar surface area (TPSA) is 58.6 Å². The molecule has 1 amide bonds. The molecule has 1 atom stereocenters. The molecule has 0 bridgehead atoms. The Balaban J connectivity index is 1.22. The Kier molecular flexibility index (Phi) is 9.70. The van der Waals surface area contributed by atoms with Crippen molar-refractivity contribution in [3.8, 4) is 16.9 Å². The van der Waals surface area contributed by atoms with Crippen molar-refractivity contribution in [1.82, 2.24) is 5.32 Å². The summed E-state index contributed by atoms with van der Waals surface area (Å²) in [7, 11) is 1.65. The van der Waals surface area contributed by atoms with Crippen molar-refractivity contribution >= 4 is 17.4 Å². The Hall–Kier alpha value is -4.38. The smallest absolute Gasteiger partial charge is 0.227 e. The fourth-order valence-corrected chi connectivity index (χ4v) is 6.00. The van der Waals surface area contributed by atoms with Gasteiger partial charge in [-0.1, -0.05) is 85.8 Å². The van der Waals surface area contributed by atoms with Gasteiger partial charge in [-0.3, -0.25) is 9.59 Å². The molecule has 1 unspecified atom stereocenters. The average molecular weight is 561 g/mol. The molecule has 1 aliphatic heterocycles. The summed E-state index contributed by atoms with van der Waals surface area (Å²) in [6.07, 6.45) is 3.20. The molecule has 0 aliphatic carbocycles. The number of carbonyl (C=O) groups excluding carboxylic acids is 2. The highest BCUT2D eigenvalue weighted by Crippen LogP contribution is 2.35. The third-order valence-electron chi connectivity index (χ3n) is 8.30. The maximum Gasteiger partial charge on any atom is 0.227 e. The van der Waals surface area contributed by atoms with Crippen LogP contribution in [0.25, 0.3) is 11.1 Å². The van der Waals surface area contributed by atoms with E-state index in [-0.39, 0.29) is 17.6 Å². The number of Topliss-reactive ketones (excluding diaryl/α,β-unsaturated/α-hetero) is 1. The fraction of sp³-hybridized carbons (Fsp3) is 0.297. The van der Waals surface area contributed by atoms with Crippen molar-refractivity contribution in [1.29, 1.82) is 0 Å². The molecule has 0 saturated carbocycles. The molecule has 4 aromatic carbocycles. The molecule has 216 valence electrons.